The molecule has 4 nitrogen and oxygen atoms in total. The number of hydrogen-bond acceptors (Lipinski definition) is 4. The third-order valence-electron chi connectivity index (χ3n) is 11.1. The van der Waals surface area contributed by atoms with Crippen molar-refractivity contribution < 1.29 is 0 Å². The first kappa shape index (κ1) is 38.8. The fraction of sp³-hybridized carbons (Fsp3) is 0.0169. The average molecular weight is 807 g/mol. The highest BCUT2D eigenvalue weighted by molar-refractivity contribution is 6.18. The first-order valence-electron chi connectivity index (χ1n) is 21.2. The fourth-order valence-electron chi connectivity index (χ4n) is 7.87. The lowest BCUT2D eigenvalue weighted by Gasteiger charge is -2.12. The molecule has 0 unspecified atom stereocenters. The Morgan fingerprint density at radius 3 is 0.603 bits per heavy atom. The summed E-state index contributed by atoms with van der Waals surface area (Å²) >= 11 is 0. The van der Waals surface area contributed by atoms with Crippen molar-refractivity contribution in [1.82, 2.24) is 0 Å². The van der Waals surface area contributed by atoms with Gasteiger partial charge in [0.25, 0.3) is 0 Å². The van der Waals surface area contributed by atoms with Crippen LogP contribution in [0.5, 0.6) is 0 Å². The van der Waals surface area contributed by atoms with E-state index in [9.17, 15) is 0 Å². The summed E-state index contributed by atoms with van der Waals surface area (Å²) in [5.41, 5.74) is 17.7. The molecule has 0 atom stereocenters. The van der Waals surface area contributed by atoms with Crippen LogP contribution in [0.2, 0.25) is 0 Å². The van der Waals surface area contributed by atoms with E-state index in [1.807, 2.05) is 48.5 Å². The molecular weight excluding hydrogens is 765 g/mol. The maximum atomic E-state index is 5.26. The van der Waals surface area contributed by atoms with Crippen LogP contribution in [0, 0.1) is 0 Å². The van der Waals surface area contributed by atoms with Crippen LogP contribution in [0.4, 0.5) is 22.7 Å². The van der Waals surface area contributed by atoms with Crippen LogP contribution in [0.3, 0.4) is 0 Å². The number of fused-ring (bicyclic) bond motifs is 5. The van der Waals surface area contributed by atoms with Crippen molar-refractivity contribution in [2.75, 3.05) is 0 Å². The predicted molar refractivity (Wildman–Crippen MR) is 262 cm³/mol. The van der Waals surface area contributed by atoms with Crippen LogP contribution in [0.25, 0.3) is 0 Å². The number of aliphatic imine (C=N–C) groups is 4. The maximum Gasteiger partial charge on any atom is 0.0781 e. The number of rotatable bonds is 4. The summed E-state index contributed by atoms with van der Waals surface area (Å²) in [6.45, 7) is 0. The monoisotopic (exact) mass is 806 g/mol. The molecule has 4 heteroatoms. The zero-order valence-corrected chi connectivity index (χ0v) is 34.6. The molecule has 0 fully saturated rings. The van der Waals surface area contributed by atoms with Crippen LogP contribution in [-0.4, -0.2) is 22.8 Å². The van der Waals surface area contributed by atoms with Gasteiger partial charge in [-0.25, -0.2) is 20.0 Å². The van der Waals surface area contributed by atoms with E-state index in [0.717, 1.165) is 96.5 Å². The highest BCUT2D eigenvalue weighted by atomic mass is 14.8. The lowest BCUT2D eigenvalue weighted by Crippen LogP contribution is -2.06. The van der Waals surface area contributed by atoms with Crippen molar-refractivity contribution in [3.8, 4) is 0 Å². The third-order valence-corrected chi connectivity index (χ3v) is 11.1. The molecule has 6 heterocycles. The van der Waals surface area contributed by atoms with E-state index in [4.69, 9.17) is 20.0 Å². The smallest absolute Gasteiger partial charge is 0.0781 e. The molecule has 0 N–H and O–H groups in total. The molecule has 0 amide bonds. The second kappa shape index (κ2) is 18.1. The summed E-state index contributed by atoms with van der Waals surface area (Å²) in [4.78, 5) is 21.0. The molecule has 298 valence electrons. The van der Waals surface area contributed by atoms with E-state index >= 15 is 0 Å². The van der Waals surface area contributed by atoms with Gasteiger partial charge in [0, 0.05) is 44.5 Å². The van der Waals surface area contributed by atoms with Gasteiger partial charge in [0.2, 0.25) is 0 Å². The van der Waals surface area contributed by atoms with E-state index in [2.05, 4.69) is 194 Å². The van der Waals surface area contributed by atoms with Gasteiger partial charge in [-0.05, 0) is 66.1 Å². The molecular formula is C59H42N4. The van der Waals surface area contributed by atoms with E-state index < -0.39 is 0 Å². The van der Waals surface area contributed by atoms with Gasteiger partial charge < -0.3 is 0 Å². The van der Waals surface area contributed by atoms with Crippen LogP contribution >= 0.6 is 0 Å². The molecule has 0 saturated heterocycles. The zero-order chi connectivity index (χ0) is 42.2. The maximum absolute atomic E-state index is 5.26. The Labute approximate surface area is 368 Å². The minimum absolute atomic E-state index is 0.800. The Bertz CT molecular complexity index is 2870. The average Bonchev–Trinajstić information content (AvgIpc) is 3.36. The van der Waals surface area contributed by atoms with Gasteiger partial charge in [0.15, 0.2) is 0 Å². The van der Waals surface area contributed by atoms with Crippen molar-refractivity contribution in [3.05, 3.63) is 298 Å². The molecule has 0 aliphatic carbocycles. The van der Waals surface area contributed by atoms with Gasteiger partial charge in [0.1, 0.15) is 0 Å². The molecule has 0 aromatic heterocycles. The molecule has 6 aliphatic rings. The molecule has 63 heavy (non-hydrogen) atoms. The Hall–Kier alpha value is -8.34. The zero-order valence-electron chi connectivity index (χ0n) is 34.6. The molecule has 9 aromatic carbocycles. The topological polar surface area (TPSA) is 49.4 Å². The second-order valence-electron chi connectivity index (χ2n) is 15.5. The summed E-state index contributed by atoms with van der Waals surface area (Å²) in [7, 11) is 0. The highest BCUT2D eigenvalue weighted by Gasteiger charge is 2.14. The molecule has 0 spiro atoms. The van der Waals surface area contributed by atoms with Gasteiger partial charge in [-0.15, -0.1) is 0 Å². The Kier molecular flexibility index (Phi) is 11.2. The second-order valence-corrected chi connectivity index (χ2v) is 15.5. The Morgan fingerprint density at radius 2 is 0.381 bits per heavy atom. The third kappa shape index (κ3) is 9.07. The van der Waals surface area contributed by atoms with Gasteiger partial charge in [-0.3, -0.25) is 0 Å². The fourth-order valence-corrected chi connectivity index (χ4v) is 7.87. The van der Waals surface area contributed by atoms with E-state index in [-0.39, 0.29) is 0 Å². The standard InChI is InChI=1S/C59H42N4/c1-5-13-44(14-6-1)56-48-25-29-50(30-26-48)58(46-17-9-3-10-18-46)62-54-37-39-55(40-38-54)63-59(47-19-11-4-12-20-47)51-31-27-49(28-32-51)57(45-15-7-2-8-16-45)61-53-35-23-43(24-36-53)41-42-21-33-52(60-56)34-22-42/h1-40H,41H2. The van der Waals surface area contributed by atoms with Crippen molar-refractivity contribution >= 4 is 45.6 Å². The van der Waals surface area contributed by atoms with Gasteiger partial charge in [-0.1, -0.05) is 194 Å². The van der Waals surface area contributed by atoms with Crippen LogP contribution in [0.15, 0.2) is 263 Å². The minimum atomic E-state index is 0.800. The first-order valence-corrected chi connectivity index (χ1v) is 21.2. The lowest BCUT2D eigenvalue weighted by atomic mass is 9.97. The molecule has 0 saturated carbocycles. The van der Waals surface area contributed by atoms with Crippen molar-refractivity contribution in [1.29, 1.82) is 0 Å². The Balaban J connectivity index is 1.11. The quantitative estimate of drug-likeness (QED) is 0.170. The van der Waals surface area contributed by atoms with Crippen molar-refractivity contribution in [3.63, 3.8) is 0 Å². The van der Waals surface area contributed by atoms with Gasteiger partial charge in [-0.2, -0.15) is 0 Å². The van der Waals surface area contributed by atoms with Crippen LogP contribution in [-0.2, 0) is 6.42 Å². The van der Waals surface area contributed by atoms with Gasteiger partial charge >= 0.3 is 0 Å². The molecule has 10 bridgehead atoms. The summed E-state index contributed by atoms with van der Waals surface area (Å²) in [5.74, 6) is 0. The van der Waals surface area contributed by atoms with E-state index in [1.165, 1.54) is 11.1 Å². The first-order chi connectivity index (χ1) is 31.2. The number of nitrogens with zero attached hydrogens (tertiary/aromatic N) is 4. The molecule has 0 radical (unpaired) electrons. The lowest BCUT2D eigenvalue weighted by molar-refractivity contribution is 1.19. The van der Waals surface area contributed by atoms with Crippen molar-refractivity contribution in [2.24, 2.45) is 20.0 Å². The van der Waals surface area contributed by atoms with E-state index in [1.54, 1.807) is 0 Å². The summed E-state index contributed by atoms with van der Waals surface area (Å²) in [6.07, 6.45) is 0.800. The van der Waals surface area contributed by atoms with Crippen LogP contribution < -0.4 is 0 Å². The van der Waals surface area contributed by atoms with Gasteiger partial charge in [0.05, 0.1) is 45.6 Å². The predicted octanol–water partition coefficient (Wildman–Crippen LogP) is 14.3. The van der Waals surface area contributed by atoms with Crippen molar-refractivity contribution in [2.45, 2.75) is 6.42 Å². The normalized spacial score (nSPS) is 12.8. The summed E-state index contributed by atoms with van der Waals surface area (Å²) in [6, 6.07) is 84.0. The molecule has 15 rings (SSSR count). The highest BCUT2D eigenvalue weighted by Crippen LogP contribution is 2.27. The molecule has 6 aliphatic heterocycles. The SMILES string of the molecule is c1ccc(C2=Nc3ccc(cc3)Cc3ccc(cc3)N=C(c3ccccc3)c3ccc(cc3)C(c3ccccc3)=Nc3ccc(cc3)N=C(c3ccccc3)c3ccc2cc3)cc1. The number of hydrogen-bond donors (Lipinski definition) is 0. The largest absolute Gasteiger partial charge is 0.248 e. The summed E-state index contributed by atoms with van der Waals surface area (Å²) < 4.78 is 0. The minimum Gasteiger partial charge on any atom is -0.248 e. The Morgan fingerprint density at radius 1 is 0.190 bits per heavy atom. The van der Waals surface area contributed by atoms with E-state index in [0.29, 0.717) is 0 Å². The number of benzene rings is 9. The summed E-state index contributed by atoms with van der Waals surface area (Å²) in [5, 5.41) is 0. The molecule has 9 aromatic rings. The van der Waals surface area contributed by atoms with Crippen LogP contribution in [0.1, 0.15) is 55.6 Å².